The molecule has 12 N–H and O–H groups in total. The van der Waals surface area contributed by atoms with E-state index in [2.05, 4.69) is 19.2 Å². The van der Waals surface area contributed by atoms with Crippen LogP contribution in [0.5, 0.6) is 0 Å². The Morgan fingerprint density at radius 1 is 0.318 bits per heavy atom. The molecule has 3 aliphatic heterocycles. The largest absolute Gasteiger partial charge is 0.394 e. The number of aliphatic hydroxyl groups is 11. The molecule has 3 rings (SSSR count). The minimum Gasteiger partial charge on any atom is -0.394 e. The molecular weight excluding hydrogens is 1390 g/mol. The molecule has 3 heterocycles. The number of hydrogen-bond acceptors (Lipinski definition) is 18. The van der Waals surface area contributed by atoms with E-state index in [4.69, 9.17) is 28.4 Å². The van der Waals surface area contributed by atoms with Gasteiger partial charge in [0.05, 0.1) is 38.6 Å². The van der Waals surface area contributed by atoms with Crippen molar-refractivity contribution in [3.05, 3.63) is 12.2 Å². The van der Waals surface area contributed by atoms with Crippen molar-refractivity contribution in [1.82, 2.24) is 5.32 Å². The number of ether oxygens (including phenoxy) is 6. The minimum absolute atomic E-state index is 0.251. The van der Waals surface area contributed by atoms with E-state index in [-0.39, 0.29) is 18.9 Å². The van der Waals surface area contributed by atoms with Crippen LogP contribution in [0.4, 0.5) is 0 Å². The van der Waals surface area contributed by atoms with E-state index < -0.39 is 124 Å². The highest BCUT2D eigenvalue weighted by atomic mass is 16.8. The molecule has 17 unspecified atom stereocenters. The van der Waals surface area contributed by atoms with Crippen LogP contribution in [0.1, 0.15) is 431 Å². The van der Waals surface area contributed by atoms with Crippen molar-refractivity contribution in [3.8, 4) is 0 Å². The highest BCUT2D eigenvalue weighted by molar-refractivity contribution is 5.76. The van der Waals surface area contributed by atoms with Gasteiger partial charge in [0, 0.05) is 6.42 Å². The molecule has 1 amide bonds. The van der Waals surface area contributed by atoms with Crippen LogP contribution in [0, 0.1) is 0 Å². The average molecular weight is 1570 g/mol. The van der Waals surface area contributed by atoms with Crippen LogP contribution in [-0.2, 0) is 33.2 Å². The molecular formula is C91H175NO18. The molecule has 0 spiro atoms. The fraction of sp³-hybridized carbons (Fsp3) is 0.967. The third-order valence-electron chi connectivity index (χ3n) is 23.8. The molecule has 3 aliphatic rings. The lowest BCUT2D eigenvalue weighted by Gasteiger charge is -2.48. The summed E-state index contributed by atoms with van der Waals surface area (Å²) in [7, 11) is 0. The Morgan fingerprint density at radius 3 is 0.855 bits per heavy atom. The number of allylic oxidation sites excluding steroid dienone is 1. The molecule has 17 atom stereocenters. The number of hydrogen-bond donors (Lipinski definition) is 12. The first kappa shape index (κ1) is 103. The van der Waals surface area contributed by atoms with Gasteiger partial charge >= 0.3 is 0 Å². The van der Waals surface area contributed by atoms with E-state index in [1.807, 2.05) is 6.08 Å². The fourth-order valence-corrected chi connectivity index (χ4v) is 16.4. The highest BCUT2D eigenvalue weighted by Gasteiger charge is 2.54. The second-order valence-electron chi connectivity index (χ2n) is 33.8. The minimum atomic E-state index is -1.98. The van der Waals surface area contributed by atoms with Gasteiger partial charge in [-0.05, 0) is 19.3 Å². The lowest BCUT2D eigenvalue weighted by atomic mass is 9.96. The molecule has 3 saturated heterocycles. The molecule has 19 heteroatoms. The van der Waals surface area contributed by atoms with E-state index in [0.29, 0.717) is 6.42 Å². The smallest absolute Gasteiger partial charge is 0.220 e. The molecule has 110 heavy (non-hydrogen) atoms. The van der Waals surface area contributed by atoms with Gasteiger partial charge in [0.25, 0.3) is 0 Å². The van der Waals surface area contributed by atoms with Crippen molar-refractivity contribution < 1.29 is 89.4 Å². The second-order valence-corrected chi connectivity index (χ2v) is 33.8. The van der Waals surface area contributed by atoms with Crippen LogP contribution >= 0.6 is 0 Å². The Balaban J connectivity index is 1.31. The number of aliphatic hydroxyl groups excluding tert-OH is 11. The summed E-state index contributed by atoms with van der Waals surface area (Å²) in [4.78, 5) is 13.5. The van der Waals surface area contributed by atoms with Crippen LogP contribution in [0.2, 0.25) is 0 Å². The standard InChI is InChI=1S/C91H175NO18/c1-3-5-7-9-11-13-15-17-19-21-23-25-27-29-31-33-35-37-39-41-43-45-47-49-51-53-55-57-59-61-63-65-67-69-79(97)92-74(75(96)68-66-64-62-60-58-56-54-52-50-48-46-44-42-40-38-36-34-32-30-28-26-24-22-20-18-16-14-12-10-8-6-4-2)73-105-89-85(103)82(100)87(77(71-94)107-89)110-91-86(104)83(101)88(78(72-95)108-91)109-90-84(102)81(99)80(98)76(70-93)106-90/h66,68,74-78,80-91,93-96,98-104H,3-65,67,69-73H2,1-2H3,(H,92,97)/b68-66+. The molecule has 3 fully saturated rings. The van der Waals surface area contributed by atoms with Gasteiger partial charge in [-0.1, -0.05) is 418 Å². The summed E-state index contributed by atoms with van der Waals surface area (Å²) in [6.07, 6.45) is 62.4. The maximum atomic E-state index is 13.5. The zero-order chi connectivity index (χ0) is 79.5. The van der Waals surface area contributed by atoms with Crippen molar-refractivity contribution in [2.45, 2.75) is 535 Å². The maximum absolute atomic E-state index is 13.5. The van der Waals surface area contributed by atoms with Crippen LogP contribution in [-0.4, -0.2) is 193 Å². The van der Waals surface area contributed by atoms with Gasteiger partial charge in [-0.15, -0.1) is 0 Å². The Kier molecular flexibility index (Phi) is 66.9. The van der Waals surface area contributed by atoms with Crippen molar-refractivity contribution in [2.24, 2.45) is 0 Å². The zero-order valence-corrected chi connectivity index (χ0v) is 70.5. The van der Waals surface area contributed by atoms with E-state index in [1.165, 1.54) is 360 Å². The van der Waals surface area contributed by atoms with E-state index >= 15 is 0 Å². The summed E-state index contributed by atoms with van der Waals surface area (Å²) < 4.78 is 34.6. The SMILES string of the molecule is CCCCCCCCCCCCCCCCCCCCCCCCCCCCCCCC/C=C/C(O)C(COC1OC(CO)C(OC2OC(CO)C(OC3OC(CO)C(O)C(O)C3O)C(O)C2O)C(O)C1O)NC(=O)CCCCCCCCCCCCCCCCCCCCCCCCCCCCCCCCCCC. The number of carbonyl (C=O) groups is 1. The van der Waals surface area contributed by atoms with Gasteiger partial charge in [-0.3, -0.25) is 4.79 Å². The van der Waals surface area contributed by atoms with E-state index in [1.54, 1.807) is 6.08 Å². The number of unbranched alkanes of at least 4 members (excludes halogenated alkanes) is 62. The van der Waals surface area contributed by atoms with Gasteiger partial charge in [0.15, 0.2) is 18.9 Å². The van der Waals surface area contributed by atoms with Crippen LogP contribution < -0.4 is 5.32 Å². The monoisotopic (exact) mass is 1570 g/mol. The van der Waals surface area contributed by atoms with Gasteiger partial charge in [0.2, 0.25) is 5.91 Å². The molecule has 0 aromatic carbocycles. The molecule has 0 aromatic rings. The predicted molar refractivity (Wildman–Crippen MR) is 444 cm³/mol. The normalized spacial score (nSPS) is 25.1. The number of rotatable bonds is 78. The van der Waals surface area contributed by atoms with Gasteiger partial charge in [-0.2, -0.15) is 0 Å². The lowest BCUT2D eigenvalue weighted by molar-refractivity contribution is -0.379. The molecule has 652 valence electrons. The van der Waals surface area contributed by atoms with Crippen molar-refractivity contribution >= 4 is 5.91 Å². The quantitative estimate of drug-likeness (QED) is 0.0199. The Hall–Kier alpha value is -1.47. The Bertz CT molecular complexity index is 2030. The van der Waals surface area contributed by atoms with E-state index in [0.717, 1.165) is 44.9 Å². The third kappa shape index (κ3) is 49.7. The lowest BCUT2D eigenvalue weighted by Crippen LogP contribution is -2.66. The van der Waals surface area contributed by atoms with Gasteiger partial charge in [0.1, 0.15) is 73.2 Å². The second kappa shape index (κ2) is 71.6. The number of carbonyl (C=O) groups excluding carboxylic acids is 1. The average Bonchev–Trinajstić information content (AvgIpc) is 0.779. The summed E-state index contributed by atoms with van der Waals surface area (Å²) in [5.74, 6) is -0.264. The van der Waals surface area contributed by atoms with Crippen molar-refractivity contribution in [1.29, 1.82) is 0 Å². The number of amides is 1. The molecule has 0 bridgehead atoms. The Morgan fingerprint density at radius 2 is 0.564 bits per heavy atom. The summed E-state index contributed by atoms with van der Waals surface area (Å²) in [5, 5.41) is 121. The summed E-state index contributed by atoms with van der Waals surface area (Å²) in [5.41, 5.74) is 0. The summed E-state index contributed by atoms with van der Waals surface area (Å²) >= 11 is 0. The summed E-state index contributed by atoms with van der Waals surface area (Å²) in [6.45, 7) is 1.83. The fourth-order valence-electron chi connectivity index (χ4n) is 16.4. The predicted octanol–water partition coefficient (Wildman–Crippen LogP) is 18.2. The molecule has 0 saturated carbocycles. The van der Waals surface area contributed by atoms with Crippen LogP contribution in [0.25, 0.3) is 0 Å². The summed E-state index contributed by atoms with van der Waals surface area (Å²) in [6, 6.07) is -0.972. The molecule has 0 aromatic heterocycles. The maximum Gasteiger partial charge on any atom is 0.220 e. The van der Waals surface area contributed by atoms with Crippen LogP contribution in [0.3, 0.4) is 0 Å². The van der Waals surface area contributed by atoms with Crippen LogP contribution in [0.15, 0.2) is 12.2 Å². The van der Waals surface area contributed by atoms with Crippen molar-refractivity contribution in [3.63, 3.8) is 0 Å². The van der Waals surface area contributed by atoms with E-state index in [9.17, 15) is 61.0 Å². The first-order valence-corrected chi connectivity index (χ1v) is 46.9. The zero-order valence-electron chi connectivity index (χ0n) is 70.5. The van der Waals surface area contributed by atoms with Gasteiger partial charge < -0.3 is 89.9 Å². The number of nitrogens with one attached hydrogen (secondary N) is 1. The first-order valence-electron chi connectivity index (χ1n) is 46.9. The molecule has 19 nitrogen and oxygen atoms in total. The van der Waals surface area contributed by atoms with Gasteiger partial charge in [-0.25, -0.2) is 0 Å². The topological polar surface area (TPSA) is 307 Å². The Labute approximate surface area is 671 Å². The van der Waals surface area contributed by atoms with Crippen molar-refractivity contribution in [2.75, 3.05) is 26.4 Å². The highest BCUT2D eigenvalue weighted by Crippen LogP contribution is 2.34. The molecule has 0 aliphatic carbocycles. The molecule has 0 radical (unpaired) electrons. The third-order valence-corrected chi connectivity index (χ3v) is 23.8. The first-order chi connectivity index (χ1) is 53.8.